The summed E-state index contributed by atoms with van der Waals surface area (Å²) in [6.45, 7) is 19.5. The number of hydrogen-bond acceptors (Lipinski definition) is 1. The Kier molecular flexibility index (Phi) is 5.09. The zero-order valence-electron chi connectivity index (χ0n) is 17.0. The lowest BCUT2D eigenvalue weighted by atomic mass is 10.2. The van der Waals surface area contributed by atoms with Crippen LogP contribution in [0, 0.1) is 6.92 Å². The molecule has 0 spiro atoms. The number of methoxy groups -OCH3 is 1. The minimum atomic E-state index is -1.77. The number of hydrogen-bond donors (Lipinski definition) is 0. The summed E-state index contributed by atoms with van der Waals surface area (Å²) in [7, 11) is -1.49. The molecule has 1 aromatic carbocycles. The second kappa shape index (κ2) is 6.34. The molecule has 0 amide bonds. The summed E-state index contributed by atoms with van der Waals surface area (Å²) in [5.41, 5.74) is 1.25. The van der Waals surface area contributed by atoms with E-state index in [4.69, 9.17) is 4.74 Å². The van der Waals surface area contributed by atoms with Crippen molar-refractivity contribution in [1.29, 1.82) is 0 Å². The van der Waals surface area contributed by atoms with Crippen molar-refractivity contribution in [2.45, 2.75) is 65.3 Å². The van der Waals surface area contributed by atoms with Gasteiger partial charge in [-0.2, -0.15) is 0 Å². The van der Waals surface area contributed by atoms with Gasteiger partial charge >= 0.3 is 0 Å². The smallest absolute Gasteiger partial charge is 0.121 e. The van der Waals surface area contributed by atoms with E-state index in [2.05, 4.69) is 84.2 Å². The molecule has 0 N–H and O–H groups in total. The molecule has 0 aromatic heterocycles. The van der Waals surface area contributed by atoms with Crippen LogP contribution < -0.4 is 9.92 Å². The van der Waals surface area contributed by atoms with Crippen LogP contribution in [0.15, 0.2) is 40.7 Å². The Hall–Kier alpha value is -1.07. The summed E-state index contributed by atoms with van der Waals surface area (Å²) in [6.07, 6.45) is 5.96. The van der Waals surface area contributed by atoms with E-state index in [1.807, 2.05) is 7.11 Å². The lowest BCUT2D eigenvalue weighted by Gasteiger charge is -2.41. The third kappa shape index (κ3) is 3.08. The standard InChI is InChI=1S/C21H34OSi2/c1-16-12-10-15-19(20(16)22-5)23(6,7)17-13-11-14-18(17)24(8,9)21(2,3)4/h10-12,14-15H,13H2,1-9H3. The minimum Gasteiger partial charge on any atom is -0.497 e. The molecule has 24 heavy (non-hydrogen) atoms. The summed E-state index contributed by atoms with van der Waals surface area (Å²) in [5.74, 6) is 1.10. The van der Waals surface area contributed by atoms with E-state index in [1.165, 1.54) is 10.8 Å². The molecule has 0 saturated carbocycles. The first-order chi connectivity index (χ1) is 10.9. The molecule has 0 fully saturated rings. The fourth-order valence-corrected chi connectivity index (χ4v) is 10.8. The third-order valence-corrected chi connectivity index (χ3v) is 15.9. The van der Waals surface area contributed by atoms with Gasteiger partial charge in [0.15, 0.2) is 0 Å². The quantitative estimate of drug-likeness (QED) is 0.621. The number of para-hydroxylation sites is 1. The first-order valence-electron chi connectivity index (χ1n) is 8.99. The molecule has 0 saturated heterocycles. The summed E-state index contributed by atoms with van der Waals surface area (Å²) in [5, 5.41) is 5.22. The monoisotopic (exact) mass is 358 g/mol. The van der Waals surface area contributed by atoms with Crippen molar-refractivity contribution in [2.24, 2.45) is 0 Å². The molecule has 1 aliphatic carbocycles. The van der Waals surface area contributed by atoms with Gasteiger partial charge in [0.2, 0.25) is 0 Å². The highest BCUT2D eigenvalue weighted by Crippen LogP contribution is 2.45. The van der Waals surface area contributed by atoms with Crippen LogP contribution in [0.2, 0.25) is 31.2 Å². The van der Waals surface area contributed by atoms with E-state index in [-0.39, 0.29) is 0 Å². The lowest BCUT2D eigenvalue weighted by molar-refractivity contribution is 0.415. The Morgan fingerprint density at radius 3 is 2.21 bits per heavy atom. The van der Waals surface area contributed by atoms with Gasteiger partial charge in [-0.3, -0.25) is 0 Å². The maximum Gasteiger partial charge on any atom is 0.121 e. The van der Waals surface area contributed by atoms with Gasteiger partial charge in [0, 0.05) is 0 Å². The van der Waals surface area contributed by atoms with Crippen molar-refractivity contribution >= 4 is 21.3 Å². The van der Waals surface area contributed by atoms with Crippen molar-refractivity contribution < 1.29 is 4.74 Å². The Morgan fingerprint density at radius 1 is 1.04 bits per heavy atom. The Morgan fingerprint density at radius 2 is 1.67 bits per heavy atom. The predicted molar refractivity (Wildman–Crippen MR) is 113 cm³/mol. The second-order valence-corrected chi connectivity index (χ2v) is 18.8. The third-order valence-electron chi connectivity index (χ3n) is 6.32. The van der Waals surface area contributed by atoms with Gasteiger partial charge in [-0.1, -0.05) is 87.7 Å². The minimum absolute atomic E-state index is 0.365. The highest BCUT2D eigenvalue weighted by molar-refractivity contribution is 6.99. The van der Waals surface area contributed by atoms with E-state index in [9.17, 15) is 0 Å². The Balaban J connectivity index is 2.65. The van der Waals surface area contributed by atoms with Crippen molar-refractivity contribution in [1.82, 2.24) is 0 Å². The van der Waals surface area contributed by atoms with E-state index in [1.54, 1.807) is 10.4 Å². The van der Waals surface area contributed by atoms with Crippen LogP contribution in [0.1, 0.15) is 32.8 Å². The van der Waals surface area contributed by atoms with Gasteiger partial charge < -0.3 is 4.74 Å². The number of benzene rings is 1. The molecular formula is C21H34OSi2. The van der Waals surface area contributed by atoms with E-state index in [0.717, 1.165) is 12.2 Å². The highest BCUT2D eigenvalue weighted by Gasteiger charge is 2.43. The van der Waals surface area contributed by atoms with Crippen LogP contribution in [0.5, 0.6) is 5.75 Å². The molecule has 0 aliphatic heterocycles. The van der Waals surface area contributed by atoms with Crippen LogP contribution >= 0.6 is 0 Å². The van der Waals surface area contributed by atoms with Gasteiger partial charge in [-0.15, -0.1) is 0 Å². The molecule has 1 aliphatic rings. The summed E-state index contributed by atoms with van der Waals surface area (Å²) in [4.78, 5) is 0. The van der Waals surface area contributed by atoms with Crippen molar-refractivity contribution in [3.05, 3.63) is 46.3 Å². The summed E-state index contributed by atoms with van der Waals surface area (Å²) >= 11 is 0. The fourth-order valence-electron chi connectivity index (χ4n) is 3.66. The first kappa shape index (κ1) is 19.3. The van der Waals surface area contributed by atoms with Gasteiger partial charge in [0.25, 0.3) is 0 Å². The first-order valence-corrected chi connectivity index (χ1v) is 15.0. The number of allylic oxidation sites excluding steroid dienone is 4. The van der Waals surface area contributed by atoms with Gasteiger partial charge in [-0.25, -0.2) is 0 Å². The maximum atomic E-state index is 5.81. The molecule has 1 aromatic rings. The van der Waals surface area contributed by atoms with E-state index < -0.39 is 16.1 Å². The maximum absolute atomic E-state index is 5.81. The molecule has 0 bridgehead atoms. The Labute approximate surface area is 150 Å². The van der Waals surface area contributed by atoms with Crippen molar-refractivity contribution in [3.8, 4) is 5.75 Å². The SMILES string of the molecule is COc1c(C)cccc1[Si](C)(C)C1=C([Si](C)(C)C(C)(C)C)C=CC1. The normalized spacial score (nSPS) is 16.0. The molecule has 0 atom stereocenters. The Bertz CT molecular complexity index is 688. The van der Waals surface area contributed by atoms with Crippen molar-refractivity contribution in [2.75, 3.05) is 7.11 Å². The van der Waals surface area contributed by atoms with Gasteiger partial charge in [0.05, 0.1) is 15.2 Å². The zero-order valence-corrected chi connectivity index (χ0v) is 19.0. The molecule has 3 heteroatoms. The van der Waals surface area contributed by atoms with Crippen LogP contribution in [0.25, 0.3) is 0 Å². The predicted octanol–water partition coefficient (Wildman–Crippen LogP) is 5.76. The molecule has 0 unspecified atom stereocenters. The average Bonchev–Trinajstić information content (AvgIpc) is 2.96. The summed E-state index contributed by atoms with van der Waals surface area (Å²) < 4.78 is 5.81. The van der Waals surface area contributed by atoms with Crippen LogP contribution in [0.3, 0.4) is 0 Å². The average molecular weight is 359 g/mol. The molecular weight excluding hydrogens is 324 g/mol. The molecule has 1 nitrogen and oxygen atoms in total. The van der Waals surface area contributed by atoms with Gasteiger partial charge in [-0.05, 0) is 29.1 Å². The van der Waals surface area contributed by atoms with Crippen LogP contribution in [-0.2, 0) is 0 Å². The molecule has 132 valence electrons. The van der Waals surface area contributed by atoms with Gasteiger partial charge in [0.1, 0.15) is 13.8 Å². The van der Waals surface area contributed by atoms with E-state index >= 15 is 0 Å². The second-order valence-electron chi connectivity index (χ2n) is 9.15. The topological polar surface area (TPSA) is 9.23 Å². The van der Waals surface area contributed by atoms with Crippen LogP contribution in [-0.4, -0.2) is 23.3 Å². The lowest BCUT2D eigenvalue weighted by Crippen LogP contribution is -2.48. The molecule has 0 heterocycles. The number of aryl methyl sites for hydroxylation is 1. The fraction of sp³-hybridized carbons (Fsp3) is 0.524. The number of ether oxygens (including phenoxy) is 1. The highest BCUT2D eigenvalue weighted by atomic mass is 28.3. The molecule has 2 rings (SSSR count). The van der Waals surface area contributed by atoms with Crippen LogP contribution in [0.4, 0.5) is 0 Å². The largest absolute Gasteiger partial charge is 0.497 e. The zero-order chi connectivity index (χ0) is 18.3. The summed E-state index contributed by atoms with van der Waals surface area (Å²) in [6, 6.07) is 6.65. The van der Waals surface area contributed by atoms with E-state index in [0.29, 0.717) is 5.04 Å². The molecule has 0 radical (unpaired) electrons. The van der Waals surface area contributed by atoms with Crippen molar-refractivity contribution in [3.63, 3.8) is 0 Å². The number of rotatable bonds is 4.